The van der Waals surface area contributed by atoms with Crippen LogP contribution in [0.5, 0.6) is 0 Å². The predicted octanol–water partition coefficient (Wildman–Crippen LogP) is 2.89. The number of hydrogen-bond acceptors (Lipinski definition) is 2. The van der Waals surface area contributed by atoms with E-state index >= 15 is 0 Å². The Morgan fingerprint density at radius 1 is 1.29 bits per heavy atom. The molecule has 0 aromatic heterocycles. The summed E-state index contributed by atoms with van der Waals surface area (Å²) in [6, 6.07) is 9.36. The van der Waals surface area contributed by atoms with Crippen LogP contribution in [0.4, 0.5) is 0 Å². The largest absolute Gasteiger partial charge is 0.291 e. The lowest BCUT2D eigenvalue weighted by molar-refractivity contribution is 0.358. The molecule has 1 rings (SSSR count). The van der Waals surface area contributed by atoms with Crippen molar-refractivity contribution in [2.75, 3.05) is 14.1 Å². The summed E-state index contributed by atoms with van der Waals surface area (Å²) in [6.45, 7) is 0. The Bertz CT molecular complexity index is 314. The molecule has 4 heteroatoms. The molecule has 76 valence electrons. The van der Waals surface area contributed by atoms with Crippen molar-refractivity contribution < 1.29 is 0 Å². The van der Waals surface area contributed by atoms with Crippen LogP contribution in [0.3, 0.4) is 0 Å². The summed E-state index contributed by atoms with van der Waals surface area (Å²) in [4.78, 5) is 1.86. The van der Waals surface area contributed by atoms with E-state index in [-0.39, 0.29) is 18.4 Å². The van der Waals surface area contributed by atoms with Gasteiger partial charge in [0.15, 0.2) is 0 Å². The second-order valence-corrected chi connectivity index (χ2v) is 3.48. The third-order valence-electron chi connectivity index (χ3n) is 1.82. The number of rotatable bonds is 2. The lowest BCUT2D eigenvalue weighted by atomic mass is 10.1. The van der Waals surface area contributed by atoms with Gasteiger partial charge in [-0.25, -0.2) is 0 Å². The fraction of sp³-hybridized carbons (Fsp3) is 0.300. The Balaban J connectivity index is 0.00000169. The molecule has 0 N–H and O–H groups in total. The van der Waals surface area contributed by atoms with Crippen molar-refractivity contribution in [1.29, 1.82) is 5.26 Å². The molecule has 1 unspecified atom stereocenters. The van der Waals surface area contributed by atoms with Crippen molar-refractivity contribution >= 4 is 24.0 Å². The second-order valence-electron chi connectivity index (χ2n) is 3.05. The van der Waals surface area contributed by atoms with E-state index in [1.165, 1.54) is 0 Å². The van der Waals surface area contributed by atoms with Crippen molar-refractivity contribution in [1.82, 2.24) is 4.90 Å². The number of hydrogen-bond donors (Lipinski definition) is 0. The minimum absolute atomic E-state index is 0. The maximum absolute atomic E-state index is 8.89. The van der Waals surface area contributed by atoms with E-state index in [1.807, 2.05) is 31.1 Å². The van der Waals surface area contributed by atoms with Crippen molar-refractivity contribution in [3.05, 3.63) is 34.9 Å². The highest BCUT2D eigenvalue weighted by Crippen LogP contribution is 2.19. The molecule has 1 aromatic rings. The first-order valence-electron chi connectivity index (χ1n) is 3.96. The van der Waals surface area contributed by atoms with Gasteiger partial charge in [0.25, 0.3) is 0 Å². The zero-order valence-corrected chi connectivity index (χ0v) is 9.64. The normalized spacial score (nSPS) is 11.6. The van der Waals surface area contributed by atoms with Gasteiger partial charge in [0.2, 0.25) is 0 Å². The lowest BCUT2D eigenvalue weighted by Crippen LogP contribution is -2.17. The Morgan fingerprint density at radius 2 is 1.79 bits per heavy atom. The summed E-state index contributed by atoms with van der Waals surface area (Å²) in [7, 11) is 3.75. The van der Waals surface area contributed by atoms with E-state index in [0.29, 0.717) is 5.02 Å². The molecule has 0 bridgehead atoms. The van der Waals surface area contributed by atoms with Crippen molar-refractivity contribution in [3.63, 3.8) is 0 Å². The zero-order valence-electron chi connectivity index (χ0n) is 8.07. The minimum atomic E-state index is -0.197. The molecule has 0 fully saturated rings. The van der Waals surface area contributed by atoms with Gasteiger partial charge in [-0.1, -0.05) is 23.7 Å². The molecule has 0 spiro atoms. The van der Waals surface area contributed by atoms with E-state index in [2.05, 4.69) is 6.07 Å². The quantitative estimate of drug-likeness (QED) is 0.782. The number of halogens is 2. The highest BCUT2D eigenvalue weighted by atomic mass is 35.5. The van der Waals surface area contributed by atoms with Crippen LogP contribution in [-0.4, -0.2) is 19.0 Å². The van der Waals surface area contributed by atoms with Gasteiger partial charge in [-0.15, -0.1) is 12.4 Å². The van der Waals surface area contributed by atoms with Crippen LogP contribution in [0, 0.1) is 11.3 Å². The van der Waals surface area contributed by atoms with E-state index in [4.69, 9.17) is 16.9 Å². The van der Waals surface area contributed by atoms with E-state index < -0.39 is 0 Å². The highest BCUT2D eigenvalue weighted by Gasteiger charge is 2.11. The van der Waals surface area contributed by atoms with Crippen LogP contribution < -0.4 is 0 Å². The third-order valence-corrected chi connectivity index (χ3v) is 2.08. The van der Waals surface area contributed by atoms with Gasteiger partial charge >= 0.3 is 0 Å². The highest BCUT2D eigenvalue weighted by molar-refractivity contribution is 6.30. The molecular formula is C10H12Cl2N2. The summed E-state index contributed by atoms with van der Waals surface area (Å²) in [6.07, 6.45) is 0. The van der Waals surface area contributed by atoms with Gasteiger partial charge in [-0.05, 0) is 31.8 Å². The van der Waals surface area contributed by atoms with Crippen LogP contribution in [-0.2, 0) is 0 Å². The average Bonchev–Trinajstić information content (AvgIpc) is 2.09. The number of nitriles is 1. The van der Waals surface area contributed by atoms with Gasteiger partial charge in [0.1, 0.15) is 6.04 Å². The molecule has 0 saturated carbocycles. The van der Waals surface area contributed by atoms with Crippen molar-refractivity contribution in [3.8, 4) is 6.07 Å². The summed E-state index contributed by atoms with van der Waals surface area (Å²) in [5.41, 5.74) is 0.969. The first-order valence-corrected chi connectivity index (χ1v) is 4.34. The Kier molecular flexibility index (Phi) is 5.56. The lowest BCUT2D eigenvalue weighted by Gasteiger charge is -2.17. The van der Waals surface area contributed by atoms with E-state index in [9.17, 15) is 0 Å². The predicted molar refractivity (Wildman–Crippen MR) is 60.7 cm³/mol. The Morgan fingerprint density at radius 3 is 2.14 bits per heavy atom. The summed E-state index contributed by atoms with van der Waals surface area (Å²) < 4.78 is 0. The summed E-state index contributed by atoms with van der Waals surface area (Å²) in [5.74, 6) is 0. The molecule has 0 radical (unpaired) electrons. The second kappa shape index (κ2) is 5.87. The van der Waals surface area contributed by atoms with Gasteiger partial charge in [0.05, 0.1) is 6.07 Å². The van der Waals surface area contributed by atoms with Crippen LogP contribution in [0.15, 0.2) is 24.3 Å². The molecule has 0 heterocycles. The molecular weight excluding hydrogens is 219 g/mol. The van der Waals surface area contributed by atoms with E-state index in [0.717, 1.165) is 5.56 Å². The van der Waals surface area contributed by atoms with Gasteiger partial charge in [-0.3, -0.25) is 4.90 Å². The molecule has 0 aliphatic carbocycles. The van der Waals surface area contributed by atoms with Gasteiger partial charge in [-0.2, -0.15) is 5.26 Å². The van der Waals surface area contributed by atoms with Crippen molar-refractivity contribution in [2.24, 2.45) is 0 Å². The summed E-state index contributed by atoms with van der Waals surface area (Å²) >= 11 is 5.74. The minimum Gasteiger partial charge on any atom is -0.291 e. The molecule has 0 aliphatic rings. The fourth-order valence-electron chi connectivity index (χ4n) is 1.13. The number of benzene rings is 1. The molecule has 14 heavy (non-hydrogen) atoms. The van der Waals surface area contributed by atoms with Crippen LogP contribution >= 0.6 is 24.0 Å². The Hall–Kier alpha value is -0.750. The smallest absolute Gasteiger partial charge is 0.123 e. The van der Waals surface area contributed by atoms with Crippen molar-refractivity contribution in [2.45, 2.75) is 6.04 Å². The molecule has 0 saturated heterocycles. The summed E-state index contributed by atoms with van der Waals surface area (Å²) in [5, 5.41) is 9.59. The topological polar surface area (TPSA) is 27.0 Å². The molecule has 0 aliphatic heterocycles. The maximum atomic E-state index is 8.89. The molecule has 2 nitrogen and oxygen atoms in total. The number of nitrogens with zero attached hydrogens (tertiary/aromatic N) is 2. The van der Waals surface area contributed by atoms with Gasteiger partial charge < -0.3 is 0 Å². The van der Waals surface area contributed by atoms with Gasteiger partial charge in [0, 0.05) is 5.02 Å². The standard InChI is InChI=1S/C10H11ClN2.ClH/c1-13(2)10(7-12)8-3-5-9(11)6-4-8;/h3-6,10H,1-2H3;1H. The monoisotopic (exact) mass is 230 g/mol. The van der Waals surface area contributed by atoms with Crippen LogP contribution in [0.25, 0.3) is 0 Å². The maximum Gasteiger partial charge on any atom is 0.123 e. The Labute approximate surface area is 95.5 Å². The molecule has 1 atom stereocenters. The first-order chi connectivity index (χ1) is 6.15. The first kappa shape index (κ1) is 13.2. The third kappa shape index (κ3) is 3.19. The average molecular weight is 231 g/mol. The van der Waals surface area contributed by atoms with Crippen LogP contribution in [0.1, 0.15) is 11.6 Å². The SMILES string of the molecule is CN(C)C(C#N)c1ccc(Cl)cc1.Cl. The van der Waals surface area contributed by atoms with Crippen LogP contribution in [0.2, 0.25) is 5.02 Å². The van der Waals surface area contributed by atoms with E-state index in [1.54, 1.807) is 12.1 Å². The zero-order chi connectivity index (χ0) is 9.84. The molecule has 0 amide bonds. The fourth-order valence-corrected chi connectivity index (χ4v) is 1.26. The molecule has 1 aromatic carbocycles.